The van der Waals surface area contributed by atoms with Crippen LogP contribution >= 0.6 is 0 Å². The number of rotatable bonds is 6. The highest BCUT2D eigenvalue weighted by Crippen LogP contribution is 2.29. The highest BCUT2D eigenvalue weighted by Gasteiger charge is 2.37. The predicted octanol–water partition coefficient (Wildman–Crippen LogP) is 3.42. The predicted molar refractivity (Wildman–Crippen MR) is 103 cm³/mol. The Kier molecular flexibility index (Phi) is 5.69. The largest absolute Gasteiger partial charge is 0.454 e. The molecule has 5 nitrogen and oxygen atoms in total. The third-order valence-electron chi connectivity index (χ3n) is 4.84. The fourth-order valence-corrected chi connectivity index (χ4v) is 3.33. The lowest BCUT2D eigenvalue weighted by Crippen LogP contribution is -2.30. The molecule has 0 aromatic heterocycles. The van der Waals surface area contributed by atoms with Crippen LogP contribution in [0.5, 0.6) is 0 Å². The van der Waals surface area contributed by atoms with Crippen molar-refractivity contribution in [3.63, 3.8) is 0 Å². The van der Waals surface area contributed by atoms with E-state index in [0.29, 0.717) is 5.56 Å². The number of esters is 1. The van der Waals surface area contributed by atoms with Crippen LogP contribution in [0.4, 0.5) is 5.69 Å². The molecule has 0 bridgehead atoms. The number of anilines is 1. The van der Waals surface area contributed by atoms with Crippen LogP contribution in [-0.2, 0) is 20.7 Å². The summed E-state index contributed by atoms with van der Waals surface area (Å²) in [6.07, 6.45) is 0.0212. The summed E-state index contributed by atoms with van der Waals surface area (Å²) < 4.78 is 5.37. The van der Waals surface area contributed by atoms with Gasteiger partial charge < -0.3 is 9.64 Å². The van der Waals surface area contributed by atoms with Crippen LogP contribution in [0.25, 0.3) is 0 Å². The number of para-hydroxylation sites is 1. The SMILES string of the molecule is CCc1ccccc1N1C[C@H](C(=O)O[C@H](C)C(=O)c2ccccc2)CC1=O. The van der Waals surface area contributed by atoms with Gasteiger partial charge >= 0.3 is 5.97 Å². The van der Waals surface area contributed by atoms with Crippen LogP contribution in [0.2, 0.25) is 0 Å². The van der Waals surface area contributed by atoms with Crippen molar-refractivity contribution in [3.8, 4) is 0 Å². The number of hydrogen-bond acceptors (Lipinski definition) is 4. The van der Waals surface area contributed by atoms with Gasteiger partial charge in [0.1, 0.15) is 0 Å². The fourth-order valence-electron chi connectivity index (χ4n) is 3.33. The summed E-state index contributed by atoms with van der Waals surface area (Å²) in [6.45, 7) is 3.87. The number of hydrogen-bond donors (Lipinski definition) is 0. The van der Waals surface area contributed by atoms with Gasteiger partial charge in [-0.1, -0.05) is 55.5 Å². The third-order valence-corrected chi connectivity index (χ3v) is 4.84. The van der Waals surface area contributed by atoms with Crippen LogP contribution in [-0.4, -0.2) is 30.3 Å². The molecule has 1 aliphatic rings. The van der Waals surface area contributed by atoms with E-state index < -0.39 is 18.0 Å². The van der Waals surface area contributed by atoms with E-state index in [1.165, 1.54) is 0 Å². The minimum atomic E-state index is -0.882. The number of aryl methyl sites for hydroxylation is 1. The van der Waals surface area contributed by atoms with Gasteiger partial charge in [0.05, 0.1) is 5.92 Å². The number of amides is 1. The molecule has 1 fully saturated rings. The molecular formula is C22H23NO4. The van der Waals surface area contributed by atoms with Gasteiger partial charge in [-0.15, -0.1) is 0 Å². The minimum absolute atomic E-state index is 0.0973. The van der Waals surface area contributed by atoms with Crippen LogP contribution in [0.15, 0.2) is 54.6 Å². The highest BCUT2D eigenvalue weighted by atomic mass is 16.5. The summed E-state index contributed by atoms with van der Waals surface area (Å²) in [4.78, 5) is 39.0. The van der Waals surface area contributed by atoms with E-state index >= 15 is 0 Å². The Morgan fingerprint density at radius 2 is 1.78 bits per heavy atom. The number of ketones is 1. The normalized spacial score (nSPS) is 17.6. The quantitative estimate of drug-likeness (QED) is 0.581. The number of carbonyl (C=O) groups excluding carboxylic acids is 3. The molecule has 3 rings (SSSR count). The van der Waals surface area contributed by atoms with Crippen LogP contribution in [0.3, 0.4) is 0 Å². The molecule has 5 heteroatoms. The molecule has 0 unspecified atom stereocenters. The molecule has 0 radical (unpaired) electrons. The number of nitrogens with zero attached hydrogens (tertiary/aromatic N) is 1. The average Bonchev–Trinajstić information content (AvgIpc) is 3.09. The molecule has 0 aliphatic carbocycles. The zero-order chi connectivity index (χ0) is 19.4. The maximum absolute atomic E-state index is 12.5. The van der Waals surface area contributed by atoms with Gasteiger partial charge in [-0.05, 0) is 25.0 Å². The van der Waals surface area contributed by atoms with Gasteiger partial charge in [0.2, 0.25) is 11.7 Å². The van der Waals surface area contributed by atoms with Crippen molar-refractivity contribution >= 4 is 23.3 Å². The van der Waals surface area contributed by atoms with E-state index in [9.17, 15) is 14.4 Å². The Morgan fingerprint density at radius 1 is 1.11 bits per heavy atom. The minimum Gasteiger partial charge on any atom is -0.454 e. The molecule has 1 saturated heterocycles. The molecule has 1 heterocycles. The Hall–Kier alpha value is -2.95. The number of carbonyl (C=O) groups is 3. The summed E-state index contributed by atoms with van der Waals surface area (Å²) in [5.41, 5.74) is 2.40. The van der Waals surface area contributed by atoms with Gasteiger partial charge in [0.15, 0.2) is 6.10 Å². The van der Waals surface area contributed by atoms with Gasteiger partial charge in [0, 0.05) is 24.2 Å². The first-order chi connectivity index (χ1) is 13.0. The molecule has 2 aromatic rings. The van der Waals surface area contributed by atoms with Crippen LogP contribution in [0.1, 0.15) is 36.2 Å². The first kappa shape index (κ1) is 18.8. The topological polar surface area (TPSA) is 63.7 Å². The van der Waals surface area contributed by atoms with E-state index in [4.69, 9.17) is 4.74 Å². The van der Waals surface area contributed by atoms with Crippen molar-refractivity contribution < 1.29 is 19.1 Å². The highest BCUT2D eigenvalue weighted by molar-refractivity contribution is 6.02. The smallest absolute Gasteiger partial charge is 0.312 e. The van der Waals surface area contributed by atoms with Crippen molar-refractivity contribution in [3.05, 3.63) is 65.7 Å². The summed E-state index contributed by atoms with van der Waals surface area (Å²) in [5.74, 6) is -1.41. The molecule has 0 N–H and O–H groups in total. The lowest BCUT2D eigenvalue weighted by molar-refractivity contribution is -0.151. The molecule has 2 atom stereocenters. The number of Topliss-reactive ketones (excluding diaryl/α,β-unsaturated/α-hetero) is 1. The monoisotopic (exact) mass is 365 g/mol. The number of ether oxygens (including phenoxy) is 1. The van der Waals surface area contributed by atoms with Gasteiger partial charge in [0.25, 0.3) is 0 Å². The summed E-state index contributed by atoms with van der Waals surface area (Å²) >= 11 is 0. The summed E-state index contributed by atoms with van der Waals surface area (Å²) in [6, 6.07) is 16.4. The van der Waals surface area contributed by atoms with E-state index in [-0.39, 0.29) is 24.7 Å². The Bertz CT molecular complexity index is 846. The van der Waals surface area contributed by atoms with Crippen molar-refractivity contribution in [2.24, 2.45) is 5.92 Å². The van der Waals surface area contributed by atoms with Crippen LogP contribution in [0, 0.1) is 5.92 Å². The maximum atomic E-state index is 12.5. The molecule has 2 aromatic carbocycles. The van der Waals surface area contributed by atoms with Crippen molar-refractivity contribution in [2.45, 2.75) is 32.8 Å². The zero-order valence-electron chi connectivity index (χ0n) is 15.6. The van der Waals surface area contributed by atoms with E-state index in [1.54, 1.807) is 36.1 Å². The van der Waals surface area contributed by atoms with E-state index in [0.717, 1.165) is 17.7 Å². The van der Waals surface area contributed by atoms with E-state index in [2.05, 4.69) is 0 Å². The Balaban J connectivity index is 1.66. The Labute approximate surface area is 158 Å². The molecule has 27 heavy (non-hydrogen) atoms. The molecular weight excluding hydrogens is 342 g/mol. The van der Waals surface area contributed by atoms with Gasteiger partial charge in [-0.25, -0.2) is 0 Å². The molecule has 1 amide bonds. The average molecular weight is 365 g/mol. The second kappa shape index (κ2) is 8.16. The fraction of sp³-hybridized carbons (Fsp3) is 0.318. The number of benzene rings is 2. The van der Waals surface area contributed by atoms with Crippen molar-refractivity contribution in [1.29, 1.82) is 0 Å². The second-order valence-corrected chi connectivity index (χ2v) is 6.70. The van der Waals surface area contributed by atoms with Gasteiger partial charge in [-0.3, -0.25) is 14.4 Å². The zero-order valence-corrected chi connectivity index (χ0v) is 15.6. The molecule has 1 aliphatic heterocycles. The second-order valence-electron chi connectivity index (χ2n) is 6.70. The Morgan fingerprint density at radius 3 is 2.48 bits per heavy atom. The first-order valence-electron chi connectivity index (χ1n) is 9.19. The lowest BCUT2D eigenvalue weighted by atomic mass is 10.1. The summed E-state index contributed by atoms with van der Waals surface area (Å²) in [5, 5.41) is 0. The molecule has 0 saturated carbocycles. The van der Waals surface area contributed by atoms with Gasteiger partial charge in [-0.2, -0.15) is 0 Å². The summed E-state index contributed by atoms with van der Waals surface area (Å²) in [7, 11) is 0. The standard InChI is InChI=1S/C22H23NO4/c1-3-16-9-7-8-12-19(16)23-14-18(13-20(23)24)22(26)27-15(2)21(25)17-10-5-4-6-11-17/h4-12,15,18H,3,13-14H2,1-2H3/t15-,18-/m1/s1. The maximum Gasteiger partial charge on any atom is 0.312 e. The van der Waals surface area contributed by atoms with Crippen molar-refractivity contribution in [2.75, 3.05) is 11.4 Å². The molecule has 0 spiro atoms. The van der Waals surface area contributed by atoms with Crippen LogP contribution < -0.4 is 4.90 Å². The van der Waals surface area contributed by atoms with Crippen molar-refractivity contribution in [1.82, 2.24) is 0 Å². The first-order valence-corrected chi connectivity index (χ1v) is 9.19. The molecule has 140 valence electrons. The van der Waals surface area contributed by atoms with E-state index in [1.807, 2.05) is 37.3 Å². The lowest BCUT2D eigenvalue weighted by Gasteiger charge is -2.20. The third kappa shape index (κ3) is 4.08.